The van der Waals surface area contributed by atoms with Crippen LogP contribution in [0.1, 0.15) is 22.3 Å². The smallest absolute Gasteiger partial charge is 0.329 e. The minimum Gasteiger partial charge on any atom is -0.483 e. The molecule has 3 amide bonds. The number of nitrogens with zero attached hydrogens (tertiary/aromatic N) is 1. The Morgan fingerprint density at radius 3 is 2.40 bits per heavy atom. The third-order valence-electron chi connectivity index (χ3n) is 5.09. The number of para-hydroxylation sites is 1. The van der Waals surface area contributed by atoms with E-state index in [1.54, 1.807) is 30.3 Å². The van der Waals surface area contributed by atoms with Crippen molar-refractivity contribution in [2.75, 3.05) is 17.2 Å². The molecule has 180 valence electrons. The van der Waals surface area contributed by atoms with Gasteiger partial charge in [-0.15, -0.1) is 0 Å². The first-order valence-electron chi connectivity index (χ1n) is 10.7. The van der Waals surface area contributed by atoms with Crippen LogP contribution in [0.25, 0.3) is 0 Å². The lowest BCUT2D eigenvalue weighted by Gasteiger charge is -2.11. The van der Waals surface area contributed by atoms with Crippen molar-refractivity contribution in [3.05, 3.63) is 87.9 Å². The molecule has 0 aliphatic heterocycles. The molecular formula is C26H25ClN4O4. The Labute approximate surface area is 208 Å². The predicted molar refractivity (Wildman–Crippen MR) is 137 cm³/mol. The van der Waals surface area contributed by atoms with Crippen LogP contribution in [0.3, 0.4) is 0 Å². The maximum absolute atomic E-state index is 12.3. The lowest BCUT2D eigenvalue weighted by atomic mass is 10.1. The zero-order valence-electron chi connectivity index (χ0n) is 19.5. The standard InChI is InChI=1S/C26H25ClN4O4/c1-16-8-10-21(12-18(16)3)29-24(32)15-35-23-11-9-20(27)13-19(23)14-28-31-26(34)25(33)30-22-7-5-4-6-17(22)2/h4-14H,15H2,1-3H3,(H,29,32)(H,30,33)(H,31,34)/b28-14-. The summed E-state index contributed by atoms with van der Waals surface area (Å²) in [4.78, 5) is 36.5. The minimum absolute atomic E-state index is 0.249. The number of halogens is 1. The maximum Gasteiger partial charge on any atom is 0.329 e. The van der Waals surface area contributed by atoms with Crippen LogP contribution >= 0.6 is 11.6 Å². The lowest BCUT2D eigenvalue weighted by Crippen LogP contribution is -2.32. The quantitative estimate of drug-likeness (QED) is 0.258. The highest BCUT2D eigenvalue weighted by molar-refractivity contribution is 6.39. The molecule has 0 unspecified atom stereocenters. The van der Waals surface area contributed by atoms with E-state index in [-0.39, 0.29) is 12.5 Å². The normalized spacial score (nSPS) is 10.6. The van der Waals surface area contributed by atoms with E-state index in [1.165, 1.54) is 6.21 Å². The number of rotatable bonds is 7. The Bertz CT molecular complexity index is 1290. The summed E-state index contributed by atoms with van der Waals surface area (Å²) in [5, 5.41) is 9.52. The molecule has 0 bridgehead atoms. The first-order valence-corrected chi connectivity index (χ1v) is 11.1. The number of amides is 3. The van der Waals surface area contributed by atoms with Gasteiger partial charge in [-0.25, -0.2) is 5.43 Å². The molecular weight excluding hydrogens is 468 g/mol. The van der Waals surface area contributed by atoms with Crippen molar-refractivity contribution in [1.29, 1.82) is 0 Å². The second-order valence-corrected chi connectivity index (χ2v) is 8.22. The molecule has 0 heterocycles. The van der Waals surface area contributed by atoms with Crippen LogP contribution in [0.5, 0.6) is 5.75 Å². The molecule has 0 saturated heterocycles. The van der Waals surface area contributed by atoms with Crippen LogP contribution in [0.2, 0.25) is 5.02 Å². The molecule has 3 rings (SSSR count). The summed E-state index contributed by atoms with van der Waals surface area (Å²) < 4.78 is 5.62. The molecule has 0 fully saturated rings. The molecule has 0 saturated carbocycles. The average Bonchev–Trinajstić information content (AvgIpc) is 2.82. The third kappa shape index (κ3) is 7.41. The molecule has 35 heavy (non-hydrogen) atoms. The van der Waals surface area contributed by atoms with Crippen LogP contribution in [0.4, 0.5) is 11.4 Å². The summed E-state index contributed by atoms with van der Waals surface area (Å²) in [6.07, 6.45) is 1.28. The second-order valence-electron chi connectivity index (χ2n) is 7.79. The van der Waals surface area contributed by atoms with E-state index in [1.807, 2.05) is 51.1 Å². The zero-order chi connectivity index (χ0) is 25.4. The molecule has 0 aliphatic carbocycles. The number of benzene rings is 3. The van der Waals surface area contributed by atoms with Crippen molar-refractivity contribution < 1.29 is 19.1 Å². The van der Waals surface area contributed by atoms with Crippen molar-refractivity contribution in [2.24, 2.45) is 5.10 Å². The minimum atomic E-state index is -0.943. The van der Waals surface area contributed by atoms with Crippen molar-refractivity contribution in [3.63, 3.8) is 0 Å². The summed E-state index contributed by atoms with van der Waals surface area (Å²) in [6, 6.07) is 17.4. The predicted octanol–water partition coefficient (Wildman–Crippen LogP) is 4.37. The molecule has 0 atom stereocenters. The number of hydrogen-bond acceptors (Lipinski definition) is 5. The maximum atomic E-state index is 12.3. The van der Waals surface area contributed by atoms with E-state index in [4.69, 9.17) is 16.3 Å². The molecule has 9 heteroatoms. The Kier molecular flexibility index (Phi) is 8.58. The van der Waals surface area contributed by atoms with Gasteiger partial charge in [0.05, 0.1) is 6.21 Å². The zero-order valence-corrected chi connectivity index (χ0v) is 20.3. The lowest BCUT2D eigenvalue weighted by molar-refractivity contribution is -0.136. The highest BCUT2D eigenvalue weighted by Gasteiger charge is 2.14. The van der Waals surface area contributed by atoms with Crippen molar-refractivity contribution in [1.82, 2.24) is 5.43 Å². The number of carbonyl (C=O) groups is 3. The van der Waals surface area contributed by atoms with E-state index in [0.29, 0.717) is 27.7 Å². The summed E-state index contributed by atoms with van der Waals surface area (Å²) in [5.41, 5.74) is 6.79. The molecule has 3 aromatic carbocycles. The van der Waals surface area contributed by atoms with Gasteiger partial charge in [0, 0.05) is 22.0 Å². The Balaban J connectivity index is 1.58. The highest BCUT2D eigenvalue weighted by atomic mass is 35.5. The summed E-state index contributed by atoms with van der Waals surface area (Å²) >= 11 is 6.06. The number of anilines is 2. The monoisotopic (exact) mass is 492 g/mol. The molecule has 3 N–H and O–H groups in total. The average molecular weight is 493 g/mol. The largest absolute Gasteiger partial charge is 0.483 e. The van der Waals surface area contributed by atoms with Crippen LogP contribution in [-0.2, 0) is 14.4 Å². The second kappa shape index (κ2) is 11.8. The van der Waals surface area contributed by atoms with Gasteiger partial charge in [-0.2, -0.15) is 5.10 Å². The first kappa shape index (κ1) is 25.5. The fraction of sp³-hybridized carbons (Fsp3) is 0.154. The van der Waals surface area contributed by atoms with Gasteiger partial charge in [0.2, 0.25) is 0 Å². The number of nitrogens with one attached hydrogen (secondary N) is 3. The van der Waals surface area contributed by atoms with E-state index in [2.05, 4.69) is 21.2 Å². The highest BCUT2D eigenvalue weighted by Crippen LogP contribution is 2.22. The van der Waals surface area contributed by atoms with Crippen molar-refractivity contribution in [3.8, 4) is 5.75 Å². The molecule has 0 aliphatic rings. The number of hydrazone groups is 1. The van der Waals surface area contributed by atoms with Crippen LogP contribution in [0.15, 0.2) is 65.8 Å². The van der Waals surface area contributed by atoms with Crippen molar-refractivity contribution >= 4 is 46.9 Å². The fourth-order valence-corrected chi connectivity index (χ4v) is 3.20. The van der Waals surface area contributed by atoms with E-state index in [9.17, 15) is 14.4 Å². The van der Waals surface area contributed by atoms with Gasteiger partial charge in [0.15, 0.2) is 6.61 Å². The fourth-order valence-electron chi connectivity index (χ4n) is 3.01. The van der Waals surface area contributed by atoms with E-state index < -0.39 is 11.8 Å². The van der Waals surface area contributed by atoms with Crippen LogP contribution < -0.4 is 20.8 Å². The van der Waals surface area contributed by atoms with E-state index >= 15 is 0 Å². The molecule has 0 radical (unpaired) electrons. The number of carbonyl (C=O) groups excluding carboxylic acids is 3. The van der Waals surface area contributed by atoms with Gasteiger partial charge in [0.25, 0.3) is 5.91 Å². The first-order chi connectivity index (χ1) is 16.7. The van der Waals surface area contributed by atoms with Crippen molar-refractivity contribution in [2.45, 2.75) is 20.8 Å². The van der Waals surface area contributed by atoms with Gasteiger partial charge < -0.3 is 15.4 Å². The number of hydrogen-bond donors (Lipinski definition) is 3. The van der Waals surface area contributed by atoms with Gasteiger partial charge in [-0.3, -0.25) is 14.4 Å². The SMILES string of the molecule is Cc1ccc(NC(=O)COc2ccc(Cl)cc2/C=N\NC(=O)C(=O)Nc2ccccc2C)cc1C. The Hall–Kier alpha value is -4.17. The molecule has 0 aromatic heterocycles. The van der Waals surface area contributed by atoms with Gasteiger partial charge >= 0.3 is 11.8 Å². The van der Waals surface area contributed by atoms with E-state index in [0.717, 1.165) is 16.7 Å². The van der Waals surface area contributed by atoms with Crippen LogP contribution in [0, 0.1) is 20.8 Å². The summed E-state index contributed by atoms with van der Waals surface area (Å²) in [6.45, 7) is 5.52. The topological polar surface area (TPSA) is 109 Å². The van der Waals surface area contributed by atoms with Gasteiger partial charge in [-0.1, -0.05) is 35.9 Å². The molecule has 8 nitrogen and oxygen atoms in total. The van der Waals surface area contributed by atoms with Gasteiger partial charge in [-0.05, 0) is 73.9 Å². The number of ether oxygens (including phenoxy) is 1. The molecule has 0 spiro atoms. The summed E-state index contributed by atoms with van der Waals surface area (Å²) in [7, 11) is 0. The Morgan fingerprint density at radius 2 is 1.66 bits per heavy atom. The summed E-state index contributed by atoms with van der Waals surface area (Å²) in [5.74, 6) is -1.82. The Morgan fingerprint density at radius 1 is 0.886 bits per heavy atom. The van der Waals surface area contributed by atoms with Crippen LogP contribution in [-0.4, -0.2) is 30.5 Å². The number of aryl methyl sites for hydroxylation is 3. The molecule has 3 aromatic rings. The van der Waals surface area contributed by atoms with Gasteiger partial charge in [0.1, 0.15) is 5.75 Å². The third-order valence-corrected chi connectivity index (χ3v) is 5.33.